The molecule has 2 saturated heterocycles. The third-order valence-corrected chi connectivity index (χ3v) is 7.36. The first-order valence-electron chi connectivity index (χ1n) is 12.2. The van der Waals surface area contributed by atoms with Crippen molar-refractivity contribution >= 4 is 31.3 Å². The Bertz CT molecular complexity index is 1350. The molecule has 14 heteroatoms. The van der Waals surface area contributed by atoms with E-state index < -0.39 is 47.1 Å². The Labute approximate surface area is 223 Å². The highest BCUT2D eigenvalue weighted by Crippen LogP contribution is 2.41. The zero-order valence-corrected chi connectivity index (χ0v) is 20.7. The number of carbonyl (C=O) groups is 3. The maximum absolute atomic E-state index is 14.6. The van der Waals surface area contributed by atoms with Crippen LogP contribution in [0.1, 0.15) is 27.0 Å². The molecule has 3 aliphatic rings. The molecular weight excluding hydrogens is 514 g/mol. The highest BCUT2D eigenvalue weighted by molar-refractivity contribution is 6.32. The van der Waals surface area contributed by atoms with Gasteiger partial charge in [-0.15, -0.1) is 0 Å². The molecule has 39 heavy (non-hydrogen) atoms. The molecule has 2 aromatic carbocycles. The molecule has 0 spiro atoms. The van der Waals surface area contributed by atoms with Crippen molar-refractivity contribution in [2.24, 2.45) is 0 Å². The maximum atomic E-state index is 14.6. The van der Waals surface area contributed by atoms with Gasteiger partial charge < -0.3 is 30.5 Å². The number of rotatable bonds is 6. The van der Waals surface area contributed by atoms with Crippen molar-refractivity contribution in [1.82, 2.24) is 15.1 Å². The van der Waals surface area contributed by atoms with Gasteiger partial charge in [-0.2, -0.15) is 0 Å². The molecule has 3 heterocycles. The molecule has 2 radical (unpaired) electrons. The third kappa shape index (κ3) is 4.29. The quantitative estimate of drug-likeness (QED) is 0.138. The predicted octanol–water partition coefficient (Wildman–Crippen LogP) is -1.89. The Kier molecular flexibility index (Phi) is 6.73. The van der Waals surface area contributed by atoms with Gasteiger partial charge >= 0.3 is 0 Å². The summed E-state index contributed by atoms with van der Waals surface area (Å²) in [4.78, 5) is 40.3. The van der Waals surface area contributed by atoms with Crippen LogP contribution in [-0.2, 0) is 34.0 Å². The van der Waals surface area contributed by atoms with Gasteiger partial charge in [0.25, 0.3) is 29.2 Å². The molecule has 12 nitrogen and oxygen atoms in total. The van der Waals surface area contributed by atoms with Gasteiger partial charge in [0.15, 0.2) is 5.50 Å². The summed E-state index contributed by atoms with van der Waals surface area (Å²) in [7, 11) is 5.32. The lowest BCUT2D eigenvalue weighted by Crippen LogP contribution is -2.85. The second-order valence-corrected chi connectivity index (χ2v) is 9.78. The topological polar surface area (TPSA) is 172 Å². The van der Waals surface area contributed by atoms with Crippen molar-refractivity contribution in [3.63, 3.8) is 0 Å². The van der Waals surface area contributed by atoms with Crippen LogP contribution >= 0.6 is 0 Å². The van der Waals surface area contributed by atoms with E-state index in [2.05, 4.69) is 10.2 Å². The number of imide groups is 1. The number of benzene rings is 2. The summed E-state index contributed by atoms with van der Waals surface area (Å²) >= 11 is 0. The monoisotopic (exact) mass is 540 g/mol. The lowest BCUT2D eigenvalue weighted by Gasteiger charge is -2.51. The Morgan fingerprint density at radius 2 is 1.77 bits per heavy atom. The minimum atomic E-state index is -3.96. The van der Waals surface area contributed by atoms with E-state index in [0.29, 0.717) is 35.9 Å². The molecule has 0 aliphatic carbocycles. The Balaban J connectivity index is 1.38. The number of fused-ring (bicyclic) bond motifs is 1. The molecule has 3 aliphatic heterocycles. The van der Waals surface area contributed by atoms with Crippen LogP contribution in [0, 0.1) is 5.82 Å². The van der Waals surface area contributed by atoms with Crippen molar-refractivity contribution in [2.75, 3.05) is 31.6 Å². The number of aliphatic hydroxyl groups is 4. The van der Waals surface area contributed by atoms with Gasteiger partial charge in [0.1, 0.15) is 13.7 Å². The van der Waals surface area contributed by atoms with Gasteiger partial charge in [-0.1, -0.05) is 12.1 Å². The van der Waals surface area contributed by atoms with E-state index in [1.807, 2.05) is 0 Å². The van der Waals surface area contributed by atoms with Gasteiger partial charge in [0.05, 0.1) is 19.8 Å². The van der Waals surface area contributed by atoms with Crippen LogP contribution in [-0.4, -0.2) is 99.1 Å². The van der Waals surface area contributed by atoms with Gasteiger partial charge in [-0.05, 0) is 29.8 Å². The maximum Gasteiger partial charge on any atom is 0.286 e. The van der Waals surface area contributed by atoms with Crippen LogP contribution in [0.5, 0.6) is 0 Å². The largest absolute Gasteiger partial charge is 0.384 e. The predicted molar refractivity (Wildman–Crippen MR) is 132 cm³/mol. The summed E-state index contributed by atoms with van der Waals surface area (Å²) < 4.78 is 20.0. The molecule has 2 atom stereocenters. The smallest absolute Gasteiger partial charge is 0.286 e. The average molecular weight is 540 g/mol. The molecule has 0 bridgehead atoms. The van der Waals surface area contributed by atoms with Crippen molar-refractivity contribution in [3.05, 3.63) is 64.5 Å². The van der Waals surface area contributed by atoms with E-state index in [0.717, 1.165) is 18.7 Å². The number of hydrogen-bond donors (Lipinski definition) is 6. The number of nitrogens with zero attached hydrogens (tertiary/aromatic N) is 2. The fourth-order valence-electron chi connectivity index (χ4n) is 5.01. The van der Waals surface area contributed by atoms with Gasteiger partial charge in [-0.25, -0.2) is 4.39 Å². The van der Waals surface area contributed by atoms with Gasteiger partial charge in [-0.3, -0.25) is 29.5 Å². The summed E-state index contributed by atoms with van der Waals surface area (Å²) in [5, 5.41) is 46.9. The van der Waals surface area contributed by atoms with E-state index in [-0.39, 0.29) is 17.7 Å². The van der Waals surface area contributed by atoms with Crippen molar-refractivity contribution in [1.29, 1.82) is 0 Å². The Hall–Kier alpha value is -3.40. The van der Waals surface area contributed by atoms with E-state index in [4.69, 9.17) is 12.6 Å². The second kappa shape index (κ2) is 9.66. The lowest BCUT2D eigenvalue weighted by atomic mass is 9.66. The SMILES string of the molecule is [B]C1(O)C(=O)NC(=O)C(O)(N2Cc3c(NCc4cc(CN5CCOCC5)ccc4F)cccc3C2=O)C1(O)O. The van der Waals surface area contributed by atoms with Crippen molar-refractivity contribution in [2.45, 2.75) is 36.6 Å². The summed E-state index contributed by atoms with van der Waals surface area (Å²) in [6.45, 7) is 2.93. The summed E-state index contributed by atoms with van der Waals surface area (Å²) in [5.74, 6) is -8.74. The first kappa shape index (κ1) is 27.2. The number of morpholine rings is 1. The third-order valence-electron chi connectivity index (χ3n) is 7.36. The van der Waals surface area contributed by atoms with E-state index >= 15 is 0 Å². The zero-order chi connectivity index (χ0) is 28.2. The van der Waals surface area contributed by atoms with Gasteiger partial charge in [0.2, 0.25) is 0 Å². The molecular formula is C25H26BFN4O8. The number of anilines is 1. The van der Waals surface area contributed by atoms with Crippen LogP contribution in [0.4, 0.5) is 10.1 Å². The first-order chi connectivity index (χ1) is 18.4. The number of amides is 3. The zero-order valence-electron chi connectivity index (χ0n) is 20.7. The van der Waals surface area contributed by atoms with Gasteiger partial charge in [0, 0.05) is 48.6 Å². The van der Waals surface area contributed by atoms with E-state index in [9.17, 15) is 39.2 Å². The minimum absolute atomic E-state index is 0.00368. The van der Waals surface area contributed by atoms with Crippen LogP contribution in [0.25, 0.3) is 0 Å². The first-order valence-corrected chi connectivity index (χ1v) is 12.2. The molecule has 204 valence electrons. The summed E-state index contributed by atoms with van der Waals surface area (Å²) in [6, 6.07) is 9.30. The summed E-state index contributed by atoms with van der Waals surface area (Å²) in [6.07, 6.45) is 0. The standard InChI is InChI=1S/C25H26BFN4O8/c26-23(35)21(33)29-22(34)24(36,25(23,37)38)31-13-17-16(20(31)32)2-1-3-19(17)28-11-15-10-14(4-5-18(15)27)12-30-6-8-39-9-7-30/h1-5,10,28,35-38H,6-9,11-13H2,(H,29,33,34). The van der Waals surface area contributed by atoms with Crippen LogP contribution in [0.3, 0.4) is 0 Å². The number of ether oxygens (including phenoxy) is 1. The fraction of sp³-hybridized carbons (Fsp3) is 0.400. The number of halogens is 1. The van der Waals surface area contributed by atoms with Crippen LogP contribution in [0.2, 0.25) is 0 Å². The molecule has 5 rings (SSSR count). The average Bonchev–Trinajstić information content (AvgIpc) is 3.25. The number of piperidine rings is 1. The molecule has 2 aromatic rings. The van der Waals surface area contributed by atoms with E-state index in [1.54, 1.807) is 23.5 Å². The molecule has 2 fully saturated rings. The molecule has 0 saturated carbocycles. The second-order valence-electron chi connectivity index (χ2n) is 9.78. The molecule has 2 unspecified atom stereocenters. The molecule has 6 N–H and O–H groups in total. The summed E-state index contributed by atoms with van der Waals surface area (Å²) in [5.41, 5.74) is -5.19. The minimum Gasteiger partial charge on any atom is -0.384 e. The lowest BCUT2D eigenvalue weighted by molar-refractivity contribution is -0.345. The fourth-order valence-corrected chi connectivity index (χ4v) is 5.01. The normalized spacial score (nSPS) is 26.9. The van der Waals surface area contributed by atoms with Crippen molar-refractivity contribution < 1.29 is 43.9 Å². The Morgan fingerprint density at radius 3 is 2.49 bits per heavy atom. The van der Waals surface area contributed by atoms with Crippen LogP contribution in [0.15, 0.2) is 36.4 Å². The van der Waals surface area contributed by atoms with Crippen LogP contribution < -0.4 is 10.6 Å². The number of nitrogens with one attached hydrogen (secondary N) is 2. The highest BCUT2D eigenvalue weighted by Gasteiger charge is 2.73. The Morgan fingerprint density at radius 1 is 1.05 bits per heavy atom. The van der Waals surface area contributed by atoms with Crippen molar-refractivity contribution in [3.8, 4) is 0 Å². The van der Waals surface area contributed by atoms with E-state index in [1.165, 1.54) is 18.2 Å². The number of hydrogen-bond acceptors (Lipinski definition) is 10. The molecule has 3 amide bonds. The highest BCUT2D eigenvalue weighted by atomic mass is 19.1. The molecule has 0 aromatic heterocycles. The number of carbonyl (C=O) groups excluding carboxylic acids is 3.